The van der Waals surface area contributed by atoms with E-state index in [1.54, 1.807) is 19.1 Å². The van der Waals surface area contributed by atoms with E-state index in [-0.39, 0.29) is 17.1 Å². The number of aromatic nitrogens is 1. The molecule has 10 heteroatoms. The van der Waals surface area contributed by atoms with Crippen LogP contribution in [0.15, 0.2) is 52.7 Å². The molecule has 1 amide bonds. The normalized spacial score (nSPS) is 12.3. The van der Waals surface area contributed by atoms with Crippen molar-refractivity contribution in [3.63, 3.8) is 0 Å². The van der Waals surface area contributed by atoms with Crippen LogP contribution in [-0.2, 0) is 9.84 Å². The highest BCUT2D eigenvalue weighted by molar-refractivity contribution is 7.90. The third-order valence-electron chi connectivity index (χ3n) is 4.06. The fourth-order valence-electron chi connectivity index (χ4n) is 2.57. The number of nitrogens with zero attached hydrogens (tertiary/aromatic N) is 1. The molecule has 164 valence electrons. The van der Waals surface area contributed by atoms with Crippen LogP contribution in [0.1, 0.15) is 23.0 Å². The minimum absolute atomic E-state index is 0.174. The van der Waals surface area contributed by atoms with Gasteiger partial charge in [0, 0.05) is 23.3 Å². The average Bonchev–Trinajstić information content (AvgIpc) is 3.12. The van der Waals surface area contributed by atoms with Gasteiger partial charge in [-0.05, 0) is 50.2 Å². The number of hydrogen-bond donors (Lipinski definition) is 2. The third kappa shape index (κ3) is 6.27. The first kappa shape index (κ1) is 22.7. The fraction of sp³-hybridized carbons (Fsp3) is 0.238. The quantitative estimate of drug-likeness (QED) is 0.525. The number of aliphatic hydroxyl groups is 1. The Kier molecular flexibility index (Phi) is 6.94. The van der Waals surface area contributed by atoms with Gasteiger partial charge in [0.1, 0.15) is 23.4 Å². The van der Waals surface area contributed by atoms with Crippen molar-refractivity contribution in [2.24, 2.45) is 0 Å². The first-order valence-electron chi connectivity index (χ1n) is 9.28. The third-order valence-corrected chi connectivity index (χ3v) is 6.07. The van der Waals surface area contributed by atoms with Crippen LogP contribution in [0.3, 0.4) is 0 Å². The van der Waals surface area contributed by atoms with E-state index in [2.05, 4.69) is 10.3 Å². The van der Waals surface area contributed by atoms with Crippen molar-refractivity contribution in [2.75, 3.05) is 18.2 Å². The number of aryl methyl sites for hydroxylation is 1. The Hall–Kier alpha value is -2.95. The van der Waals surface area contributed by atoms with Crippen LogP contribution < -0.4 is 14.8 Å². The van der Waals surface area contributed by atoms with E-state index < -0.39 is 21.8 Å². The molecule has 1 aromatic heterocycles. The Morgan fingerprint density at radius 2 is 1.84 bits per heavy atom. The van der Waals surface area contributed by atoms with Crippen molar-refractivity contribution in [1.82, 2.24) is 4.98 Å². The van der Waals surface area contributed by atoms with Gasteiger partial charge in [0.2, 0.25) is 0 Å². The van der Waals surface area contributed by atoms with Crippen LogP contribution in [0.25, 0.3) is 0 Å². The summed E-state index contributed by atoms with van der Waals surface area (Å²) in [6.07, 6.45) is 0.641. The Balaban J connectivity index is 1.88. The number of anilines is 1. The van der Waals surface area contributed by atoms with E-state index in [1.807, 2.05) is 12.3 Å². The summed E-state index contributed by atoms with van der Waals surface area (Å²) in [5, 5.41) is 14.3. The molecule has 2 N–H and O–H groups in total. The van der Waals surface area contributed by atoms with Gasteiger partial charge in [-0.3, -0.25) is 10.1 Å². The van der Waals surface area contributed by atoms with Gasteiger partial charge in [0.15, 0.2) is 15.0 Å². The van der Waals surface area contributed by atoms with Crippen LogP contribution in [0, 0.1) is 6.92 Å². The molecule has 0 radical (unpaired) electrons. The Labute approximate surface area is 184 Å². The molecule has 3 rings (SSSR count). The van der Waals surface area contributed by atoms with E-state index in [0.29, 0.717) is 22.4 Å². The maximum Gasteiger partial charge on any atom is 0.257 e. The summed E-state index contributed by atoms with van der Waals surface area (Å²) in [6.45, 7) is 3.32. The minimum atomic E-state index is -3.32. The number of amides is 1. The SMILES string of the molecule is Cc1csc(NC(=O)c2cc(Oc3ccc(S(C)(=O)=O)cc3)cc(O[C@@H](C)CO)c2)n1. The Bertz CT molecular complexity index is 1170. The highest BCUT2D eigenvalue weighted by Gasteiger charge is 2.15. The van der Waals surface area contributed by atoms with Crippen molar-refractivity contribution in [2.45, 2.75) is 24.8 Å². The van der Waals surface area contributed by atoms with Gasteiger partial charge in [0.25, 0.3) is 5.91 Å². The molecule has 0 aliphatic rings. The summed E-state index contributed by atoms with van der Waals surface area (Å²) < 4.78 is 34.7. The van der Waals surface area contributed by atoms with E-state index in [1.165, 1.54) is 41.7 Å². The van der Waals surface area contributed by atoms with E-state index in [9.17, 15) is 18.3 Å². The van der Waals surface area contributed by atoms with Gasteiger partial charge in [-0.2, -0.15) is 0 Å². The zero-order valence-electron chi connectivity index (χ0n) is 17.2. The summed E-state index contributed by atoms with van der Waals surface area (Å²) in [7, 11) is -3.32. The lowest BCUT2D eigenvalue weighted by atomic mass is 10.2. The van der Waals surface area contributed by atoms with Crippen LogP contribution in [0.2, 0.25) is 0 Å². The molecule has 0 unspecified atom stereocenters. The van der Waals surface area contributed by atoms with Gasteiger partial charge >= 0.3 is 0 Å². The molecular formula is C21H22N2O6S2. The standard InChI is InChI=1S/C21H22N2O6S2/c1-13-12-30-21(22-13)23-20(25)15-8-17(28-14(2)11-24)10-18(9-15)29-16-4-6-19(7-5-16)31(3,26)27/h4-10,12,14,24H,11H2,1-3H3,(H,22,23,25)/t14-/m0/s1. The monoisotopic (exact) mass is 462 g/mol. The zero-order valence-corrected chi connectivity index (χ0v) is 18.8. The molecule has 3 aromatic rings. The van der Waals surface area contributed by atoms with Crippen molar-refractivity contribution < 1.29 is 27.8 Å². The Morgan fingerprint density at radius 1 is 1.16 bits per heavy atom. The van der Waals surface area contributed by atoms with Crippen molar-refractivity contribution in [3.8, 4) is 17.2 Å². The molecule has 31 heavy (non-hydrogen) atoms. The molecule has 0 aliphatic heterocycles. The lowest BCUT2D eigenvalue weighted by Gasteiger charge is -2.15. The molecule has 0 saturated carbocycles. The first-order chi connectivity index (χ1) is 14.6. The summed E-state index contributed by atoms with van der Waals surface area (Å²) in [5.41, 5.74) is 1.08. The number of thiazole rings is 1. The number of hydrogen-bond acceptors (Lipinski definition) is 8. The number of sulfone groups is 1. The lowest BCUT2D eigenvalue weighted by molar-refractivity contribution is 0.102. The molecule has 0 bridgehead atoms. The first-order valence-corrected chi connectivity index (χ1v) is 12.0. The summed E-state index contributed by atoms with van der Waals surface area (Å²) in [5.74, 6) is 0.651. The smallest absolute Gasteiger partial charge is 0.257 e. The number of carbonyl (C=O) groups excluding carboxylic acids is 1. The molecule has 1 heterocycles. The number of benzene rings is 2. The topological polar surface area (TPSA) is 115 Å². The number of ether oxygens (including phenoxy) is 2. The molecule has 0 fully saturated rings. The van der Waals surface area contributed by atoms with E-state index in [4.69, 9.17) is 9.47 Å². The number of aliphatic hydroxyl groups excluding tert-OH is 1. The van der Waals surface area contributed by atoms with Crippen molar-refractivity contribution in [3.05, 3.63) is 59.1 Å². The van der Waals surface area contributed by atoms with Gasteiger partial charge in [0.05, 0.1) is 17.2 Å². The molecule has 0 spiro atoms. The van der Waals surface area contributed by atoms with E-state index >= 15 is 0 Å². The van der Waals surface area contributed by atoms with Gasteiger partial charge in [-0.1, -0.05) is 0 Å². The predicted molar refractivity (Wildman–Crippen MR) is 118 cm³/mol. The minimum Gasteiger partial charge on any atom is -0.488 e. The van der Waals surface area contributed by atoms with Gasteiger partial charge in [-0.25, -0.2) is 13.4 Å². The average molecular weight is 463 g/mol. The summed E-state index contributed by atoms with van der Waals surface area (Å²) in [4.78, 5) is 17.1. The maximum absolute atomic E-state index is 12.7. The molecule has 2 aromatic carbocycles. The molecule has 1 atom stereocenters. The number of carbonyl (C=O) groups is 1. The van der Waals surface area contributed by atoms with Crippen LogP contribution in [0.4, 0.5) is 5.13 Å². The largest absolute Gasteiger partial charge is 0.488 e. The van der Waals surface area contributed by atoms with Gasteiger partial charge < -0.3 is 14.6 Å². The molecule has 0 saturated heterocycles. The van der Waals surface area contributed by atoms with Gasteiger partial charge in [-0.15, -0.1) is 11.3 Å². The highest BCUT2D eigenvalue weighted by atomic mass is 32.2. The van der Waals surface area contributed by atoms with Crippen molar-refractivity contribution >= 4 is 32.2 Å². The van der Waals surface area contributed by atoms with Crippen LogP contribution >= 0.6 is 11.3 Å². The lowest BCUT2D eigenvalue weighted by Crippen LogP contribution is -2.17. The number of rotatable bonds is 8. The van der Waals surface area contributed by atoms with E-state index in [0.717, 1.165) is 11.9 Å². The maximum atomic E-state index is 12.7. The molecule has 8 nitrogen and oxygen atoms in total. The Morgan fingerprint density at radius 3 is 2.42 bits per heavy atom. The fourth-order valence-corrected chi connectivity index (χ4v) is 3.88. The van der Waals surface area contributed by atoms with Crippen LogP contribution in [0.5, 0.6) is 17.2 Å². The second kappa shape index (κ2) is 9.46. The summed E-state index contributed by atoms with van der Waals surface area (Å²) in [6, 6.07) is 10.6. The highest BCUT2D eigenvalue weighted by Crippen LogP contribution is 2.29. The predicted octanol–water partition coefficient (Wildman–Crippen LogP) is 3.66. The summed E-state index contributed by atoms with van der Waals surface area (Å²) >= 11 is 1.31. The second-order valence-electron chi connectivity index (χ2n) is 6.90. The zero-order chi connectivity index (χ0) is 22.6. The van der Waals surface area contributed by atoms with Crippen LogP contribution in [-0.4, -0.2) is 43.4 Å². The number of nitrogens with one attached hydrogen (secondary N) is 1. The molecular weight excluding hydrogens is 440 g/mol. The van der Waals surface area contributed by atoms with Crippen molar-refractivity contribution in [1.29, 1.82) is 0 Å². The second-order valence-corrected chi connectivity index (χ2v) is 9.77. The molecule has 0 aliphatic carbocycles.